The van der Waals surface area contributed by atoms with Crippen molar-refractivity contribution in [3.05, 3.63) is 0 Å². The molecule has 0 aromatic carbocycles. The van der Waals surface area contributed by atoms with Crippen molar-refractivity contribution in [2.24, 2.45) is 21.7 Å². The van der Waals surface area contributed by atoms with E-state index < -0.39 is 0 Å². The molecule has 0 bridgehead atoms. The van der Waals surface area contributed by atoms with Crippen molar-refractivity contribution < 1.29 is 23.7 Å². The van der Waals surface area contributed by atoms with Crippen molar-refractivity contribution in [3.63, 3.8) is 0 Å². The predicted octanol–water partition coefficient (Wildman–Crippen LogP) is 5.10. The number of hydrogen-bond acceptors (Lipinski definition) is 5. The van der Waals surface area contributed by atoms with Crippen LogP contribution in [0.25, 0.3) is 0 Å². The van der Waals surface area contributed by atoms with Crippen molar-refractivity contribution in [3.8, 4) is 0 Å². The molecular formula is C22H34I4O5. The maximum atomic E-state index is 7.59. The standard InChI is InChI=1S/C22H34I4O5/c1-13(23)19(5-27-6-19)17(20(14(2)24)7-28-8-20)31-18(21(15(3)25)9-29-10-21)22(16(4)26)11-30-12-22/h13-18H,5-12H2,1-4H3. The third kappa shape index (κ3) is 4.11. The number of alkyl halides is 4. The molecule has 0 saturated carbocycles. The molecule has 0 amide bonds. The van der Waals surface area contributed by atoms with Gasteiger partial charge in [-0.2, -0.15) is 0 Å². The predicted molar refractivity (Wildman–Crippen MR) is 156 cm³/mol. The molecule has 4 fully saturated rings. The summed E-state index contributed by atoms with van der Waals surface area (Å²) in [6, 6.07) is 0. The van der Waals surface area contributed by atoms with E-state index in [-0.39, 0.29) is 33.9 Å². The van der Waals surface area contributed by atoms with Crippen LogP contribution in [-0.2, 0) is 23.7 Å². The highest BCUT2D eigenvalue weighted by molar-refractivity contribution is 14.1. The van der Waals surface area contributed by atoms with Crippen LogP contribution in [0, 0.1) is 21.7 Å². The van der Waals surface area contributed by atoms with Gasteiger partial charge in [-0.25, -0.2) is 0 Å². The molecule has 4 unspecified atom stereocenters. The first-order valence-corrected chi connectivity index (χ1v) is 16.1. The first-order chi connectivity index (χ1) is 14.6. The second-order valence-electron chi connectivity index (χ2n) is 10.3. The zero-order valence-electron chi connectivity index (χ0n) is 18.7. The molecule has 0 aromatic heterocycles. The SMILES string of the molecule is CC(I)C1(C(OC(C2(C(C)I)COC2)C2(C(C)I)COC2)C2(C(C)I)COC2)COC1. The molecule has 180 valence electrons. The van der Waals surface area contributed by atoms with Crippen LogP contribution in [0.3, 0.4) is 0 Å². The fourth-order valence-electron chi connectivity index (χ4n) is 5.53. The van der Waals surface area contributed by atoms with Crippen molar-refractivity contribution in [2.45, 2.75) is 55.6 Å². The number of ether oxygens (including phenoxy) is 5. The van der Waals surface area contributed by atoms with Gasteiger partial charge in [0.05, 0.1) is 86.7 Å². The maximum absolute atomic E-state index is 7.59. The number of halogens is 4. The zero-order valence-corrected chi connectivity index (χ0v) is 27.3. The van der Waals surface area contributed by atoms with Crippen LogP contribution < -0.4 is 0 Å². The maximum Gasteiger partial charge on any atom is 0.0800 e. The molecule has 31 heavy (non-hydrogen) atoms. The molecule has 4 saturated heterocycles. The van der Waals surface area contributed by atoms with Crippen LogP contribution in [0.15, 0.2) is 0 Å². The quantitative estimate of drug-likeness (QED) is 0.226. The van der Waals surface area contributed by atoms with Crippen molar-refractivity contribution in [1.29, 1.82) is 0 Å². The molecule has 0 aliphatic carbocycles. The van der Waals surface area contributed by atoms with Gasteiger partial charge in [0.1, 0.15) is 0 Å². The average Bonchev–Trinajstić information content (AvgIpc) is 2.48. The summed E-state index contributed by atoms with van der Waals surface area (Å²) in [5, 5.41) is 0. The molecule has 0 aromatic rings. The minimum atomic E-state index is 0.0165. The lowest BCUT2D eigenvalue weighted by Crippen LogP contribution is -2.75. The first kappa shape index (κ1) is 26.8. The molecular weight excluding hydrogens is 852 g/mol. The second-order valence-corrected chi connectivity index (χ2v) is 17.7. The van der Waals surface area contributed by atoms with Gasteiger partial charge in [0.2, 0.25) is 0 Å². The summed E-state index contributed by atoms with van der Waals surface area (Å²) in [5.41, 5.74) is 0.0660. The van der Waals surface area contributed by atoms with E-state index in [0.717, 1.165) is 52.9 Å². The molecule has 4 aliphatic rings. The van der Waals surface area contributed by atoms with Gasteiger partial charge < -0.3 is 23.7 Å². The van der Waals surface area contributed by atoms with E-state index in [4.69, 9.17) is 23.7 Å². The van der Waals surface area contributed by atoms with Gasteiger partial charge in [0, 0.05) is 15.7 Å². The number of rotatable bonds is 10. The van der Waals surface area contributed by atoms with Gasteiger partial charge in [0.15, 0.2) is 0 Å². The lowest BCUT2D eigenvalue weighted by atomic mass is 9.60. The zero-order chi connectivity index (χ0) is 22.7. The summed E-state index contributed by atoms with van der Waals surface area (Å²) >= 11 is 10.4. The third-order valence-corrected chi connectivity index (χ3v) is 13.5. The van der Waals surface area contributed by atoms with E-state index in [2.05, 4.69) is 118 Å². The first-order valence-electron chi connectivity index (χ1n) is 11.1. The van der Waals surface area contributed by atoms with E-state index in [1.165, 1.54) is 0 Å². The van der Waals surface area contributed by atoms with Gasteiger partial charge >= 0.3 is 0 Å². The fourth-order valence-corrected chi connectivity index (χ4v) is 8.28. The van der Waals surface area contributed by atoms with Gasteiger partial charge in [-0.3, -0.25) is 0 Å². The summed E-state index contributed by atoms with van der Waals surface area (Å²) in [6.45, 7) is 15.5. The summed E-state index contributed by atoms with van der Waals surface area (Å²) in [7, 11) is 0. The van der Waals surface area contributed by atoms with Crippen LogP contribution in [0.5, 0.6) is 0 Å². The van der Waals surface area contributed by atoms with Crippen molar-refractivity contribution in [2.75, 3.05) is 52.9 Å². The van der Waals surface area contributed by atoms with Crippen LogP contribution in [0.4, 0.5) is 0 Å². The van der Waals surface area contributed by atoms with Crippen LogP contribution in [-0.4, -0.2) is 80.8 Å². The van der Waals surface area contributed by atoms with E-state index in [0.29, 0.717) is 15.7 Å². The highest BCUT2D eigenvalue weighted by Gasteiger charge is 2.68. The normalized spacial score (nSPS) is 33.3. The third-order valence-electron chi connectivity index (χ3n) is 8.50. The lowest BCUT2D eigenvalue weighted by molar-refractivity contribution is -0.335. The Balaban J connectivity index is 1.78. The lowest BCUT2D eigenvalue weighted by Gasteiger charge is -2.65. The van der Waals surface area contributed by atoms with E-state index in [1.807, 2.05) is 0 Å². The van der Waals surface area contributed by atoms with E-state index in [1.54, 1.807) is 0 Å². The minimum absolute atomic E-state index is 0.0165. The molecule has 0 radical (unpaired) electrons. The summed E-state index contributed by atoms with van der Waals surface area (Å²) in [5.74, 6) is 0. The topological polar surface area (TPSA) is 46.2 Å². The molecule has 0 N–H and O–H groups in total. The molecule has 9 heteroatoms. The van der Waals surface area contributed by atoms with Gasteiger partial charge in [-0.15, -0.1) is 0 Å². The van der Waals surface area contributed by atoms with Crippen LogP contribution >= 0.6 is 90.4 Å². The molecule has 4 heterocycles. The highest BCUT2D eigenvalue weighted by Crippen LogP contribution is 2.58. The molecule has 5 nitrogen and oxygen atoms in total. The summed E-state index contributed by atoms with van der Waals surface area (Å²) in [6.07, 6.45) is 0.179. The van der Waals surface area contributed by atoms with Gasteiger partial charge in [0.25, 0.3) is 0 Å². The van der Waals surface area contributed by atoms with E-state index >= 15 is 0 Å². The Labute approximate surface area is 241 Å². The largest absolute Gasteiger partial charge is 0.380 e. The van der Waals surface area contributed by atoms with Crippen LogP contribution in [0.1, 0.15) is 27.7 Å². The molecule has 4 aliphatic heterocycles. The Morgan fingerprint density at radius 3 is 0.774 bits per heavy atom. The van der Waals surface area contributed by atoms with Crippen molar-refractivity contribution in [1.82, 2.24) is 0 Å². The average molecular weight is 886 g/mol. The molecule has 0 spiro atoms. The van der Waals surface area contributed by atoms with Gasteiger partial charge in [-0.1, -0.05) is 118 Å². The second kappa shape index (κ2) is 9.88. The smallest absolute Gasteiger partial charge is 0.0800 e. The Bertz CT molecular complexity index is 534. The summed E-state index contributed by atoms with van der Waals surface area (Å²) < 4.78 is 32.9. The highest BCUT2D eigenvalue weighted by atomic mass is 127. The Hall–Kier alpha value is 2.72. The van der Waals surface area contributed by atoms with Crippen LogP contribution in [0.2, 0.25) is 0 Å². The Morgan fingerprint density at radius 2 is 0.677 bits per heavy atom. The Morgan fingerprint density at radius 1 is 0.484 bits per heavy atom. The number of hydrogen-bond donors (Lipinski definition) is 0. The molecule has 4 rings (SSSR count). The van der Waals surface area contributed by atoms with Crippen molar-refractivity contribution >= 4 is 90.4 Å². The summed E-state index contributed by atoms with van der Waals surface area (Å²) in [4.78, 5) is 0. The van der Waals surface area contributed by atoms with E-state index in [9.17, 15) is 0 Å². The monoisotopic (exact) mass is 886 g/mol. The minimum Gasteiger partial charge on any atom is -0.380 e. The molecule has 4 atom stereocenters. The Kier molecular flexibility index (Phi) is 8.53. The van der Waals surface area contributed by atoms with Gasteiger partial charge in [-0.05, 0) is 0 Å². The fraction of sp³-hybridized carbons (Fsp3) is 1.00.